The summed E-state index contributed by atoms with van der Waals surface area (Å²) >= 11 is 1.70. The number of benzene rings is 2. The van der Waals surface area contributed by atoms with Crippen LogP contribution in [0.1, 0.15) is 36.7 Å². The molecular weight excluding hydrogens is 456 g/mol. The molecule has 1 fully saturated rings. The highest BCUT2D eigenvalue weighted by Gasteiger charge is 2.25. The summed E-state index contributed by atoms with van der Waals surface area (Å²) < 4.78 is 27.9. The molecule has 0 radical (unpaired) electrons. The number of aromatic nitrogens is 1. The smallest absolute Gasteiger partial charge is 0.253 e. The molecule has 2 aromatic carbocycles. The van der Waals surface area contributed by atoms with E-state index in [1.807, 2.05) is 18.7 Å². The maximum atomic E-state index is 13.0. The SMILES string of the molecule is CCc1ccc2nc(N3CCN(C(=O)c4ccc(S(=O)(=O)N(CC)CC)cc4)CC3)sc2c1. The third kappa shape index (κ3) is 4.76. The summed E-state index contributed by atoms with van der Waals surface area (Å²) in [5, 5.41) is 0.997. The molecule has 0 saturated carbocycles. The fourth-order valence-electron chi connectivity index (χ4n) is 4.08. The summed E-state index contributed by atoms with van der Waals surface area (Å²) in [5.41, 5.74) is 2.84. The maximum Gasteiger partial charge on any atom is 0.253 e. The molecule has 0 bridgehead atoms. The van der Waals surface area contributed by atoms with Gasteiger partial charge < -0.3 is 9.80 Å². The van der Waals surface area contributed by atoms with Crippen molar-refractivity contribution in [1.29, 1.82) is 0 Å². The van der Waals surface area contributed by atoms with Crippen molar-refractivity contribution >= 4 is 42.6 Å². The number of thiazole rings is 1. The van der Waals surface area contributed by atoms with Crippen LogP contribution in [0.5, 0.6) is 0 Å². The van der Waals surface area contributed by atoms with Gasteiger partial charge in [0, 0.05) is 44.8 Å². The van der Waals surface area contributed by atoms with Gasteiger partial charge in [0.15, 0.2) is 5.13 Å². The van der Waals surface area contributed by atoms with E-state index in [0.29, 0.717) is 31.7 Å². The Bertz CT molecular complexity index is 1230. The Morgan fingerprint density at radius 2 is 1.67 bits per heavy atom. The molecule has 0 unspecified atom stereocenters. The van der Waals surface area contributed by atoms with E-state index in [0.717, 1.165) is 30.2 Å². The van der Waals surface area contributed by atoms with Crippen molar-refractivity contribution in [3.8, 4) is 0 Å². The second-order valence-electron chi connectivity index (χ2n) is 8.05. The first kappa shape index (κ1) is 23.7. The van der Waals surface area contributed by atoms with Gasteiger partial charge in [-0.15, -0.1) is 0 Å². The topological polar surface area (TPSA) is 73.8 Å². The van der Waals surface area contributed by atoms with Crippen molar-refractivity contribution in [2.24, 2.45) is 0 Å². The summed E-state index contributed by atoms with van der Waals surface area (Å²) in [5.74, 6) is -0.0710. The number of carbonyl (C=O) groups is 1. The highest BCUT2D eigenvalue weighted by atomic mass is 32.2. The molecule has 0 N–H and O–H groups in total. The van der Waals surface area contributed by atoms with E-state index < -0.39 is 10.0 Å². The van der Waals surface area contributed by atoms with Crippen LogP contribution in [0.2, 0.25) is 0 Å². The number of amides is 1. The maximum absolute atomic E-state index is 13.0. The van der Waals surface area contributed by atoms with Crippen molar-refractivity contribution in [2.45, 2.75) is 32.1 Å². The molecule has 1 amide bonds. The van der Waals surface area contributed by atoms with Crippen LogP contribution in [0.3, 0.4) is 0 Å². The first-order valence-corrected chi connectivity index (χ1v) is 13.7. The molecular formula is C24H30N4O3S2. The van der Waals surface area contributed by atoms with Gasteiger partial charge in [-0.05, 0) is 48.4 Å². The van der Waals surface area contributed by atoms with E-state index in [1.165, 1.54) is 26.7 Å². The lowest BCUT2D eigenvalue weighted by Gasteiger charge is -2.34. The quantitative estimate of drug-likeness (QED) is 0.507. The van der Waals surface area contributed by atoms with Crippen molar-refractivity contribution in [3.05, 3.63) is 53.6 Å². The monoisotopic (exact) mass is 486 g/mol. The van der Waals surface area contributed by atoms with Crippen molar-refractivity contribution < 1.29 is 13.2 Å². The van der Waals surface area contributed by atoms with Gasteiger partial charge in [0.1, 0.15) is 0 Å². The van der Waals surface area contributed by atoms with Crippen LogP contribution in [0.4, 0.5) is 5.13 Å². The van der Waals surface area contributed by atoms with Crippen LogP contribution in [0.15, 0.2) is 47.4 Å². The van der Waals surface area contributed by atoms with Gasteiger partial charge in [-0.1, -0.05) is 38.2 Å². The Kier molecular flexibility index (Phi) is 7.02. The number of carbonyl (C=O) groups excluding carboxylic acids is 1. The predicted molar refractivity (Wildman–Crippen MR) is 134 cm³/mol. The Labute approximate surface area is 199 Å². The average Bonchev–Trinajstić information content (AvgIpc) is 3.27. The van der Waals surface area contributed by atoms with Crippen LogP contribution in [0, 0.1) is 0 Å². The standard InChI is InChI=1S/C24H30N4O3S2/c1-4-18-7-12-21-22(17-18)32-24(25-21)27-15-13-26(14-16-27)23(29)19-8-10-20(11-9-19)33(30,31)28(5-2)6-3/h7-12,17H,4-6,13-16H2,1-3H3. The van der Waals surface area contributed by atoms with E-state index in [2.05, 4.69) is 30.0 Å². The lowest BCUT2D eigenvalue weighted by molar-refractivity contribution is 0.0746. The van der Waals surface area contributed by atoms with Gasteiger partial charge in [0.2, 0.25) is 10.0 Å². The molecule has 3 aromatic rings. The first-order valence-electron chi connectivity index (χ1n) is 11.4. The molecule has 1 aliphatic heterocycles. The molecule has 0 spiro atoms. The van der Waals surface area contributed by atoms with Crippen LogP contribution in [0.25, 0.3) is 10.2 Å². The van der Waals surface area contributed by atoms with E-state index in [-0.39, 0.29) is 10.8 Å². The molecule has 4 rings (SSSR count). The Balaban J connectivity index is 1.41. The highest BCUT2D eigenvalue weighted by Crippen LogP contribution is 2.30. The zero-order chi connectivity index (χ0) is 23.6. The molecule has 0 aliphatic carbocycles. The fourth-order valence-corrected chi connectivity index (χ4v) is 6.62. The normalized spacial score (nSPS) is 14.9. The molecule has 9 heteroatoms. The van der Waals surface area contributed by atoms with Crippen LogP contribution in [-0.4, -0.2) is 67.8 Å². The molecule has 0 atom stereocenters. The average molecular weight is 487 g/mol. The molecule has 176 valence electrons. The number of aryl methyl sites for hydroxylation is 1. The third-order valence-electron chi connectivity index (χ3n) is 6.13. The van der Waals surface area contributed by atoms with Gasteiger partial charge in [-0.2, -0.15) is 4.31 Å². The summed E-state index contributed by atoms with van der Waals surface area (Å²) in [6, 6.07) is 12.7. The largest absolute Gasteiger partial charge is 0.345 e. The number of hydrogen-bond acceptors (Lipinski definition) is 6. The zero-order valence-electron chi connectivity index (χ0n) is 19.3. The molecule has 1 aromatic heterocycles. The highest BCUT2D eigenvalue weighted by molar-refractivity contribution is 7.89. The Morgan fingerprint density at radius 3 is 2.27 bits per heavy atom. The number of nitrogens with zero attached hydrogens (tertiary/aromatic N) is 4. The third-order valence-corrected chi connectivity index (χ3v) is 9.27. The lowest BCUT2D eigenvalue weighted by atomic mass is 10.2. The summed E-state index contributed by atoms with van der Waals surface area (Å²) in [7, 11) is -3.53. The number of sulfonamides is 1. The number of hydrogen-bond donors (Lipinski definition) is 0. The number of rotatable bonds is 7. The molecule has 1 aliphatic rings. The lowest BCUT2D eigenvalue weighted by Crippen LogP contribution is -2.48. The van der Waals surface area contributed by atoms with E-state index >= 15 is 0 Å². The molecule has 33 heavy (non-hydrogen) atoms. The van der Waals surface area contributed by atoms with Crippen molar-refractivity contribution in [1.82, 2.24) is 14.2 Å². The van der Waals surface area contributed by atoms with Crippen LogP contribution in [-0.2, 0) is 16.4 Å². The van der Waals surface area contributed by atoms with Gasteiger partial charge in [-0.25, -0.2) is 13.4 Å². The Morgan fingerprint density at radius 1 is 1.00 bits per heavy atom. The second kappa shape index (κ2) is 9.79. The first-order chi connectivity index (χ1) is 15.9. The van der Waals surface area contributed by atoms with Crippen molar-refractivity contribution in [2.75, 3.05) is 44.2 Å². The molecule has 2 heterocycles. The van der Waals surface area contributed by atoms with Gasteiger partial charge >= 0.3 is 0 Å². The van der Waals surface area contributed by atoms with E-state index in [9.17, 15) is 13.2 Å². The number of piperazine rings is 1. The fraction of sp³-hybridized carbons (Fsp3) is 0.417. The summed E-state index contributed by atoms with van der Waals surface area (Å²) in [6.07, 6.45) is 1.01. The zero-order valence-corrected chi connectivity index (χ0v) is 21.0. The van der Waals surface area contributed by atoms with Crippen LogP contribution < -0.4 is 4.90 Å². The Hall–Kier alpha value is -2.49. The predicted octanol–water partition coefficient (Wildman–Crippen LogP) is 3.85. The summed E-state index contributed by atoms with van der Waals surface area (Å²) in [4.78, 5) is 22.1. The van der Waals surface area contributed by atoms with Crippen LogP contribution >= 0.6 is 11.3 Å². The minimum Gasteiger partial charge on any atom is -0.345 e. The number of anilines is 1. The minimum atomic E-state index is -3.53. The molecule has 7 nitrogen and oxygen atoms in total. The second-order valence-corrected chi connectivity index (χ2v) is 11.0. The number of fused-ring (bicyclic) bond motifs is 1. The van der Waals surface area contributed by atoms with E-state index in [4.69, 9.17) is 4.98 Å². The van der Waals surface area contributed by atoms with E-state index in [1.54, 1.807) is 23.5 Å². The van der Waals surface area contributed by atoms with Gasteiger partial charge in [-0.3, -0.25) is 4.79 Å². The molecule has 1 saturated heterocycles. The minimum absolute atomic E-state index is 0.0710. The van der Waals surface area contributed by atoms with Gasteiger partial charge in [0.25, 0.3) is 5.91 Å². The van der Waals surface area contributed by atoms with Crippen molar-refractivity contribution in [3.63, 3.8) is 0 Å². The summed E-state index contributed by atoms with van der Waals surface area (Å²) in [6.45, 7) is 9.27. The van der Waals surface area contributed by atoms with Gasteiger partial charge in [0.05, 0.1) is 15.1 Å².